The number of nitrogens with two attached hydrogens (primary N) is 1. The Hall–Kier alpha value is -2.34. The van der Waals surface area contributed by atoms with E-state index in [2.05, 4.69) is 10.4 Å². The van der Waals surface area contributed by atoms with Gasteiger partial charge in [-0.3, -0.25) is 4.79 Å². The van der Waals surface area contributed by atoms with Crippen LogP contribution in [0.5, 0.6) is 0 Å². The quantitative estimate of drug-likeness (QED) is 0.717. The fourth-order valence-corrected chi connectivity index (χ4v) is 2.18. The molecule has 0 bridgehead atoms. The lowest BCUT2D eigenvalue weighted by atomic mass is 9.89. The molecule has 1 saturated carbocycles. The number of nitrogens with one attached hydrogen (secondary N) is 1. The van der Waals surface area contributed by atoms with E-state index in [0.717, 1.165) is 5.69 Å². The second-order valence-electron chi connectivity index (χ2n) is 5.03. The number of nitrogens with zero attached hydrogens (tertiary/aromatic N) is 2. The number of benzene rings is 1. The van der Waals surface area contributed by atoms with E-state index >= 15 is 0 Å². The Morgan fingerprint density at radius 3 is 2.65 bits per heavy atom. The van der Waals surface area contributed by atoms with Gasteiger partial charge in [0.2, 0.25) is 0 Å². The molecule has 0 unspecified atom stereocenters. The van der Waals surface area contributed by atoms with Gasteiger partial charge in [-0.1, -0.05) is 0 Å². The Labute approximate surface area is 116 Å². The molecule has 0 saturated heterocycles. The third kappa shape index (κ3) is 2.50. The number of carbonyl (C=O) groups is 1. The van der Waals surface area contributed by atoms with Gasteiger partial charge in [-0.15, -0.1) is 0 Å². The largest absolute Gasteiger partial charge is 0.399 e. The molecule has 0 aliphatic heterocycles. The number of nitrogen functional groups attached to an aromatic ring is 1. The summed E-state index contributed by atoms with van der Waals surface area (Å²) in [5.74, 6) is -0.212. The first-order valence-electron chi connectivity index (χ1n) is 6.52. The Morgan fingerprint density at radius 2 is 2.00 bits per heavy atom. The average molecular weight is 272 g/mol. The number of aliphatic hydroxyl groups excluding tert-OH is 1. The van der Waals surface area contributed by atoms with E-state index in [1.807, 2.05) is 12.1 Å². The number of carbonyl (C=O) groups excluding carboxylic acids is 1. The molecule has 3 rings (SSSR count). The van der Waals surface area contributed by atoms with Crippen molar-refractivity contribution in [2.24, 2.45) is 0 Å². The van der Waals surface area contributed by atoms with Crippen LogP contribution >= 0.6 is 0 Å². The van der Waals surface area contributed by atoms with Crippen LogP contribution in [0.25, 0.3) is 5.69 Å². The van der Waals surface area contributed by atoms with Crippen LogP contribution in [0, 0.1) is 0 Å². The van der Waals surface area contributed by atoms with Gasteiger partial charge in [0.15, 0.2) is 5.69 Å². The smallest absolute Gasteiger partial charge is 0.272 e. The Kier molecular flexibility index (Phi) is 3.15. The number of rotatable bonds is 3. The highest BCUT2D eigenvalue weighted by Gasteiger charge is 2.29. The molecule has 1 aromatic heterocycles. The average Bonchev–Trinajstić information content (AvgIpc) is 2.87. The molecule has 1 amide bonds. The number of aromatic nitrogens is 2. The van der Waals surface area contributed by atoms with Gasteiger partial charge >= 0.3 is 0 Å². The summed E-state index contributed by atoms with van der Waals surface area (Å²) in [6, 6.07) is 8.97. The van der Waals surface area contributed by atoms with Gasteiger partial charge in [-0.2, -0.15) is 5.10 Å². The van der Waals surface area contributed by atoms with Gasteiger partial charge < -0.3 is 16.2 Å². The maximum Gasteiger partial charge on any atom is 0.272 e. The molecule has 6 nitrogen and oxygen atoms in total. The summed E-state index contributed by atoms with van der Waals surface area (Å²) in [4.78, 5) is 12.0. The summed E-state index contributed by atoms with van der Waals surface area (Å²) < 4.78 is 1.63. The van der Waals surface area contributed by atoms with Crippen LogP contribution < -0.4 is 11.1 Å². The van der Waals surface area contributed by atoms with E-state index in [-0.39, 0.29) is 18.1 Å². The molecule has 1 heterocycles. The zero-order valence-corrected chi connectivity index (χ0v) is 10.9. The summed E-state index contributed by atoms with van der Waals surface area (Å²) >= 11 is 0. The predicted molar refractivity (Wildman–Crippen MR) is 74.5 cm³/mol. The van der Waals surface area contributed by atoms with Gasteiger partial charge in [-0.05, 0) is 43.2 Å². The van der Waals surface area contributed by atoms with E-state index in [4.69, 9.17) is 5.73 Å². The van der Waals surface area contributed by atoms with E-state index in [9.17, 15) is 9.90 Å². The molecule has 0 spiro atoms. The number of amides is 1. The first-order chi connectivity index (χ1) is 9.61. The van der Waals surface area contributed by atoms with E-state index < -0.39 is 0 Å². The van der Waals surface area contributed by atoms with Crippen LogP contribution in [0.15, 0.2) is 36.5 Å². The van der Waals surface area contributed by atoms with Gasteiger partial charge in [0.25, 0.3) is 5.91 Å². The monoisotopic (exact) mass is 272 g/mol. The van der Waals surface area contributed by atoms with Gasteiger partial charge in [0, 0.05) is 17.9 Å². The minimum atomic E-state index is -0.285. The molecule has 1 aliphatic carbocycles. The van der Waals surface area contributed by atoms with Crippen LogP contribution in [0.2, 0.25) is 0 Å². The summed E-state index contributed by atoms with van der Waals surface area (Å²) in [7, 11) is 0. The standard InChI is InChI=1S/C14H16N4O2/c15-9-1-3-11(4-2-9)18-6-5-13(17-18)14(20)16-10-7-12(19)8-10/h1-6,10,12,19H,7-8,15H2,(H,16,20). The highest BCUT2D eigenvalue weighted by Crippen LogP contribution is 2.19. The van der Waals surface area contributed by atoms with Gasteiger partial charge in [-0.25, -0.2) is 4.68 Å². The first kappa shape index (κ1) is 12.7. The minimum absolute atomic E-state index is 0.0548. The zero-order valence-electron chi connectivity index (χ0n) is 10.9. The van der Waals surface area contributed by atoms with Crippen molar-refractivity contribution in [3.63, 3.8) is 0 Å². The van der Waals surface area contributed by atoms with Crippen molar-refractivity contribution in [1.82, 2.24) is 15.1 Å². The highest BCUT2D eigenvalue weighted by molar-refractivity contribution is 5.92. The van der Waals surface area contributed by atoms with Crippen LogP contribution in [-0.2, 0) is 0 Å². The molecule has 20 heavy (non-hydrogen) atoms. The maximum atomic E-state index is 12.0. The minimum Gasteiger partial charge on any atom is -0.399 e. The summed E-state index contributed by atoms with van der Waals surface area (Å²) in [5, 5.41) is 16.3. The fourth-order valence-electron chi connectivity index (χ4n) is 2.18. The Bertz CT molecular complexity index is 614. The van der Waals surface area contributed by atoms with Crippen LogP contribution in [-0.4, -0.2) is 32.9 Å². The molecule has 1 fully saturated rings. The van der Waals surface area contributed by atoms with Crippen LogP contribution in [0.1, 0.15) is 23.3 Å². The van der Waals surface area contributed by atoms with Crippen molar-refractivity contribution in [3.8, 4) is 5.69 Å². The Morgan fingerprint density at radius 1 is 1.30 bits per heavy atom. The predicted octanol–water partition coefficient (Wildman–Crippen LogP) is 0.708. The van der Waals surface area contributed by atoms with Crippen molar-refractivity contribution in [2.45, 2.75) is 25.0 Å². The molecule has 4 N–H and O–H groups in total. The molecule has 2 aromatic rings. The Balaban J connectivity index is 1.70. The van der Waals surface area contributed by atoms with Gasteiger partial charge in [0.05, 0.1) is 11.8 Å². The second kappa shape index (κ2) is 4.97. The maximum absolute atomic E-state index is 12.0. The molecule has 1 aliphatic rings. The second-order valence-corrected chi connectivity index (χ2v) is 5.03. The van der Waals surface area contributed by atoms with E-state index in [1.54, 1.807) is 29.1 Å². The molecular weight excluding hydrogens is 256 g/mol. The van der Waals surface area contributed by atoms with Crippen molar-refractivity contribution < 1.29 is 9.90 Å². The number of hydrogen-bond donors (Lipinski definition) is 3. The number of aliphatic hydroxyl groups is 1. The number of anilines is 1. The third-order valence-electron chi connectivity index (χ3n) is 3.43. The highest BCUT2D eigenvalue weighted by atomic mass is 16.3. The lowest BCUT2D eigenvalue weighted by Crippen LogP contribution is -2.46. The van der Waals surface area contributed by atoms with Crippen molar-refractivity contribution in [3.05, 3.63) is 42.2 Å². The lowest BCUT2D eigenvalue weighted by Gasteiger charge is -2.31. The van der Waals surface area contributed by atoms with Crippen LogP contribution in [0.3, 0.4) is 0 Å². The van der Waals surface area contributed by atoms with Crippen molar-refractivity contribution >= 4 is 11.6 Å². The molecule has 6 heteroatoms. The van der Waals surface area contributed by atoms with Gasteiger partial charge in [0.1, 0.15) is 0 Å². The first-order valence-corrected chi connectivity index (χ1v) is 6.52. The normalized spacial score (nSPS) is 21.2. The molecular formula is C14H16N4O2. The zero-order chi connectivity index (χ0) is 14.1. The SMILES string of the molecule is Nc1ccc(-n2ccc(C(=O)NC3CC(O)C3)n2)cc1. The molecule has 104 valence electrons. The summed E-state index contributed by atoms with van der Waals surface area (Å²) in [5.41, 5.74) is 7.52. The van der Waals surface area contributed by atoms with Crippen molar-refractivity contribution in [2.75, 3.05) is 5.73 Å². The van der Waals surface area contributed by atoms with Crippen LogP contribution in [0.4, 0.5) is 5.69 Å². The van der Waals surface area contributed by atoms with Crippen molar-refractivity contribution in [1.29, 1.82) is 0 Å². The topological polar surface area (TPSA) is 93.2 Å². The summed E-state index contributed by atoms with van der Waals surface area (Å²) in [6.45, 7) is 0. The molecule has 1 aromatic carbocycles. The molecule has 0 atom stereocenters. The third-order valence-corrected chi connectivity index (χ3v) is 3.43. The molecule has 0 radical (unpaired) electrons. The fraction of sp³-hybridized carbons (Fsp3) is 0.286. The van der Waals surface area contributed by atoms with E-state index in [1.165, 1.54) is 0 Å². The summed E-state index contributed by atoms with van der Waals surface area (Å²) in [6.07, 6.45) is 2.68. The van der Waals surface area contributed by atoms with E-state index in [0.29, 0.717) is 24.2 Å². The lowest BCUT2D eigenvalue weighted by molar-refractivity contribution is 0.0560. The number of hydrogen-bond acceptors (Lipinski definition) is 4.